The summed E-state index contributed by atoms with van der Waals surface area (Å²) in [7, 11) is 0. The van der Waals surface area contributed by atoms with E-state index in [0.29, 0.717) is 13.2 Å². The monoisotopic (exact) mass is 272 g/mol. The number of benzene rings is 2. The summed E-state index contributed by atoms with van der Waals surface area (Å²) in [6, 6.07) is 14.7. The molecule has 2 aromatic carbocycles. The maximum atomic E-state index is 10.9. The summed E-state index contributed by atoms with van der Waals surface area (Å²) >= 11 is 0. The lowest BCUT2D eigenvalue weighted by Crippen LogP contribution is -2.02. The Balaban J connectivity index is 2.12. The van der Waals surface area contributed by atoms with Crippen LogP contribution in [-0.4, -0.2) is 11.5 Å². The topological polar surface area (TPSA) is 64.4 Å². The van der Waals surface area contributed by atoms with Gasteiger partial charge in [-0.3, -0.25) is 10.1 Å². The van der Waals surface area contributed by atoms with Gasteiger partial charge in [0.05, 0.1) is 11.5 Å². The third kappa shape index (κ3) is 3.47. The zero-order valence-corrected chi connectivity index (χ0v) is 11.2. The van der Waals surface area contributed by atoms with Crippen molar-refractivity contribution in [2.24, 2.45) is 0 Å². The molecule has 2 aromatic rings. The Morgan fingerprint density at radius 1 is 1.20 bits per heavy atom. The first-order chi connectivity index (χ1) is 9.70. The number of nitrogens with one attached hydrogen (secondary N) is 1. The van der Waals surface area contributed by atoms with E-state index >= 15 is 0 Å². The molecule has 1 N–H and O–H groups in total. The van der Waals surface area contributed by atoms with Gasteiger partial charge in [0.25, 0.3) is 0 Å². The van der Waals surface area contributed by atoms with E-state index in [-0.39, 0.29) is 11.4 Å². The van der Waals surface area contributed by atoms with Gasteiger partial charge in [0, 0.05) is 24.4 Å². The van der Waals surface area contributed by atoms with Crippen molar-refractivity contribution < 1.29 is 9.66 Å². The van der Waals surface area contributed by atoms with Crippen molar-refractivity contribution in [1.29, 1.82) is 0 Å². The number of rotatable bonds is 6. The third-order valence-electron chi connectivity index (χ3n) is 2.80. The van der Waals surface area contributed by atoms with Crippen LogP contribution in [0.5, 0.6) is 5.75 Å². The van der Waals surface area contributed by atoms with E-state index in [1.54, 1.807) is 19.1 Å². The maximum absolute atomic E-state index is 10.9. The van der Waals surface area contributed by atoms with Crippen molar-refractivity contribution in [3.05, 3.63) is 64.2 Å². The highest BCUT2D eigenvalue weighted by atomic mass is 16.6. The summed E-state index contributed by atoms with van der Waals surface area (Å²) in [6.45, 7) is 2.85. The fourth-order valence-electron chi connectivity index (χ4n) is 1.85. The van der Waals surface area contributed by atoms with Gasteiger partial charge in [0.1, 0.15) is 0 Å². The lowest BCUT2D eigenvalue weighted by Gasteiger charge is -2.09. The van der Waals surface area contributed by atoms with Crippen LogP contribution in [0.1, 0.15) is 12.5 Å². The van der Waals surface area contributed by atoms with Crippen LogP contribution < -0.4 is 10.1 Å². The van der Waals surface area contributed by atoms with Crippen LogP contribution in [0.25, 0.3) is 0 Å². The quantitative estimate of drug-likeness (QED) is 0.644. The van der Waals surface area contributed by atoms with E-state index < -0.39 is 4.92 Å². The van der Waals surface area contributed by atoms with Crippen molar-refractivity contribution in [2.45, 2.75) is 13.5 Å². The lowest BCUT2D eigenvalue weighted by molar-refractivity contribution is -0.385. The van der Waals surface area contributed by atoms with E-state index in [4.69, 9.17) is 4.74 Å². The highest BCUT2D eigenvalue weighted by Crippen LogP contribution is 2.30. The zero-order chi connectivity index (χ0) is 14.4. The molecule has 0 aliphatic heterocycles. The molecule has 0 radical (unpaired) electrons. The average molecular weight is 272 g/mol. The van der Waals surface area contributed by atoms with E-state index in [9.17, 15) is 10.1 Å². The van der Waals surface area contributed by atoms with Gasteiger partial charge < -0.3 is 10.1 Å². The second-order valence-corrected chi connectivity index (χ2v) is 4.21. The van der Waals surface area contributed by atoms with Crippen molar-refractivity contribution in [1.82, 2.24) is 0 Å². The Morgan fingerprint density at radius 2 is 1.95 bits per heavy atom. The minimum atomic E-state index is -0.439. The minimum absolute atomic E-state index is 0.0166. The molecule has 0 bridgehead atoms. The Morgan fingerprint density at radius 3 is 2.60 bits per heavy atom. The molecule has 0 saturated heterocycles. The summed E-state index contributed by atoms with van der Waals surface area (Å²) in [6.07, 6.45) is 0. The maximum Gasteiger partial charge on any atom is 0.311 e. The Hall–Kier alpha value is -2.56. The van der Waals surface area contributed by atoms with Crippen LogP contribution in [0.4, 0.5) is 11.4 Å². The number of hydrogen-bond donors (Lipinski definition) is 1. The summed E-state index contributed by atoms with van der Waals surface area (Å²) < 4.78 is 5.31. The number of nitro benzene ring substituents is 1. The molecule has 104 valence electrons. The summed E-state index contributed by atoms with van der Waals surface area (Å²) in [5, 5.41) is 14.1. The molecular formula is C15H16N2O3. The molecule has 0 unspecified atom stereocenters. The highest BCUT2D eigenvalue weighted by Gasteiger charge is 2.15. The van der Waals surface area contributed by atoms with Gasteiger partial charge in [0.2, 0.25) is 0 Å². The van der Waals surface area contributed by atoms with Gasteiger partial charge in [-0.15, -0.1) is 0 Å². The lowest BCUT2D eigenvalue weighted by atomic mass is 10.2. The summed E-state index contributed by atoms with van der Waals surface area (Å²) in [5.74, 6) is 0.288. The molecule has 0 saturated carbocycles. The number of anilines is 1. The van der Waals surface area contributed by atoms with Crippen LogP contribution >= 0.6 is 0 Å². The summed E-state index contributed by atoms with van der Waals surface area (Å²) in [4.78, 5) is 10.5. The smallest absolute Gasteiger partial charge is 0.311 e. The molecule has 0 aromatic heterocycles. The molecule has 0 heterocycles. The number of ether oxygens (including phenoxy) is 1. The molecular weight excluding hydrogens is 256 g/mol. The summed E-state index contributed by atoms with van der Waals surface area (Å²) in [5.41, 5.74) is 1.92. The van der Waals surface area contributed by atoms with E-state index in [2.05, 4.69) is 5.32 Å². The second kappa shape index (κ2) is 6.56. The van der Waals surface area contributed by atoms with Gasteiger partial charge in [-0.1, -0.05) is 30.3 Å². The Labute approximate surface area is 117 Å². The first-order valence-corrected chi connectivity index (χ1v) is 6.39. The van der Waals surface area contributed by atoms with E-state index in [1.807, 2.05) is 30.3 Å². The second-order valence-electron chi connectivity index (χ2n) is 4.21. The predicted molar refractivity (Wildman–Crippen MR) is 78.0 cm³/mol. The van der Waals surface area contributed by atoms with Gasteiger partial charge in [0.15, 0.2) is 5.75 Å². The molecule has 5 heteroatoms. The van der Waals surface area contributed by atoms with Crippen LogP contribution in [0, 0.1) is 10.1 Å². The minimum Gasteiger partial charge on any atom is -0.487 e. The molecule has 0 atom stereocenters. The SMILES string of the molecule is CCOc1cc(NCc2ccccc2)ccc1[N+](=O)[O-]. The molecule has 0 spiro atoms. The van der Waals surface area contributed by atoms with Crippen LogP contribution in [-0.2, 0) is 6.54 Å². The van der Waals surface area contributed by atoms with Gasteiger partial charge in [-0.25, -0.2) is 0 Å². The molecule has 0 aliphatic carbocycles. The molecule has 20 heavy (non-hydrogen) atoms. The van der Waals surface area contributed by atoms with Crippen molar-refractivity contribution >= 4 is 11.4 Å². The van der Waals surface area contributed by atoms with Crippen LogP contribution in [0.3, 0.4) is 0 Å². The molecule has 5 nitrogen and oxygen atoms in total. The number of hydrogen-bond acceptors (Lipinski definition) is 4. The predicted octanol–water partition coefficient (Wildman–Crippen LogP) is 3.61. The highest BCUT2D eigenvalue weighted by molar-refractivity contribution is 5.58. The normalized spacial score (nSPS) is 10.1. The largest absolute Gasteiger partial charge is 0.487 e. The molecule has 0 aliphatic rings. The van der Waals surface area contributed by atoms with Crippen molar-refractivity contribution in [3.8, 4) is 5.75 Å². The molecule has 0 amide bonds. The van der Waals surface area contributed by atoms with Gasteiger partial charge in [-0.05, 0) is 18.6 Å². The van der Waals surface area contributed by atoms with E-state index in [0.717, 1.165) is 11.3 Å². The van der Waals surface area contributed by atoms with Crippen LogP contribution in [0.2, 0.25) is 0 Å². The number of nitro groups is 1. The molecule has 2 rings (SSSR count). The van der Waals surface area contributed by atoms with Crippen molar-refractivity contribution in [3.63, 3.8) is 0 Å². The molecule has 0 fully saturated rings. The standard InChI is InChI=1S/C15H16N2O3/c1-2-20-15-10-13(8-9-14(15)17(18)19)16-11-12-6-4-3-5-7-12/h3-10,16H,2,11H2,1H3. The first-order valence-electron chi connectivity index (χ1n) is 6.39. The number of nitrogens with zero attached hydrogens (tertiary/aromatic N) is 1. The first kappa shape index (κ1) is 13.9. The third-order valence-corrected chi connectivity index (χ3v) is 2.80. The van der Waals surface area contributed by atoms with Crippen LogP contribution in [0.15, 0.2) is 48.5 Å². The fraction of sp³-hybridized carbons (Fsp3) is 0.200. The van der Waals surface area contributed by atoms with E-state index in [1.165, 1.54) is 6.07 Å². The Kier molecular flexibility index (Phi) is 4.55. The zero-order valence-electron chi connectivity index (χ0n) is 11.2. The van der Waals surface area contributed by atoms with Gasteiger partial charge >= 0.3 is 5.69 Å². The van der Waals surface area contributed by atoms with Crippen molar-refractivity contribution in [2.75, 3.05) is 11.9 Å². The Bertz CT molecular complexity index is 585. The fourth-order valence-corrected chi connectivity index (χ4v) is 1.85. The average Bonchev–Trinajstić information content (AvgIpc) is 2.46. The van der Waals surface area contributed by atoms with Gasteiger partial charge in [-0.2, -0.15) is 0 Å².